The molecule has 1 aromatic rings. The molecule has 6 nitrogen and oxygen atoms in total. The maximum atomic E-state index is 11.9. The van der Waals surface area contributed by atoms with Crippen LogP contribution in [0.15, 0.2) is 6.07 Å². The standard InChI is InChI=1S/C13H22N4O2/c1-2-3-11-10-12(16-15-11)13(18)14-4-5-17-6-8-19-9-7-17/h10H,2-9H2,1H3,(H,14,18)(H,15,16). The van der Waals surface area contributed by atoms with E-state index in [9.17, 15) is 4.79 Å². The van der Waals surface area contributed by atoms with Gasteiger partial charge in [-0.3, -0.25) is 14.8 Å². The van der Waals surface area contributed by atoms with Crippen molar-refractivity contribution in [3.63, 3.8) is 0 Å². The van der Waals surface area contributed by atoms with Crippen molar-refractivity contribution >= 4 is 5.91 Å². The minimum absolute atomic E-state index is 0.105. The summed E-state index contributed by atoms with van der Waals surface area (Å²) in [7, 11) is 0. The first-order valence-corrected chi connectivity index (χ1v) is 6.92. The van der Waals surface area contributed by atoms with Crippen molar-refractivity contribution in [1.29, 1.82) is 0 Å². The average molecular weight is 266 g/mol. The molecule has 0 bridgehead atoms. The summed E-state index contributed by atoms with van der Waals surface area (Å²) in [5.74, 6) is -0.105. The minimum atomic E-state index is -0.105. The molecule has 2 N–H and O–H groups in total. The highest BCUT2D eigenvalue weighted by molar-refractivity contribution is 5.92. The molecule has 1 aliphatic rings. The van der Waals surface area contributed by atoms with Gasteiger partial charge in [-0.05, 0) is 12.5 Å². The van der Waals surface area contributed by atoms with E-state index in [2.05, 4.69) is 27.3 Å². The minimum Gasteiger partial charge on any atom is -0.379 e. The van der Waals surface area contributed by atoms with Crippen molar-refractivity contribution in [2.75, 3.05) is 39.4 Å². The summed E-state index contributed by atoms with van der Waals surface area (Å²) in [6.07, 6.45) is 1.97. The van der Waals surface area contributed by atoms with Crippen LogP contribution in [0.1, 0.15) is 29.5 Å². The molecule has 0 aromatic carbocycles. The quantitative estimate of drug-likeness (QED) is 0.783. The van der Waals surface area contributed by atoms with Crippen molar-refractivity contribution in [3.8, 4) is 0 Å². The van der Waals surface area contributed by atoms with Crippen molar-refractivity contribution in [2.45, 2.75) is 19.8 Å². The van der Waals surface area contributed by atoms with Crippen LogP contribution >= 0.6 is 0 Å². The van der Waals surface area contributed by atoms with Gasteiger partial charge in [-0.15, -0.1) is 0 Å². The van der Waals surface area contributed by atoms with Crippen molar-refractivity contribution in [3.05, 3.63) is 17.5 Å². The van der Waals surface area contributed by atoms with Gasteiger partial charge < -0.3 is 10.1 Å². The van der Waals surface area contributed by atoms with Gasteiger partial charge >= 0.3 is 0 Å². The molecule has 0 spiro atoms. The molecule has 1 aromatic heterocycles. The number of nitrogens with one attached hydrogen (secondary N) is 2. The summed E-state index contributed by atoms with van der Waals surface area (Å²) in [6, 6.07) is 1.83. The zero-order valence-electron chi connectivity index (χ0n) is 11.4. The molecular formula is C13H22N4O2. The monoisotopic (exact) mass is 266 g/mol. The molecule has 0 aliphatic carbocycles. The van der Waals surface area contributed by atoms with Gasteiger partial charge in [0.2, 0.25) is 0 Å². The summed E-state index contributed by atoms with van der Waals surface area (Å²) in [5.41, 5.74) is 1.49. The van der Waals surface area contributed by atoms with E-state index in [1.54, 1.807) is 0 Å². The summed E-state index contributed by atoms with van der Waals surface area (Å²) in [6.45, 7) is 7.07. The van der Waals surface area contributed by atoms with E-state index in [0.29, 0.717) is 12.2 Å². The molecule has 2 heterocycles. The van der Waals surface area contributed by atoms with Crippen LogP contribution in [0.2, 0.25) is 0 Å². The molecule has 19 heavy (non-hydrogen) atoms. The van der Waals surface area contributed by atoms with Gasteiger partial charge in [0.25, 0.3) is 5.91 Å². The van der Waals surface area contributed by atoms with Crippen LogP contribution in [0.25, 0.3) is 0 Å². The van der Waals surface area contributed by atoms with E-state index in [4.69, 9.17) is 4.74 Å². The number of aromatic nitrogens is 2. The molecule has 0 unspecified atom stereocenters. The SMILES string of the molecule is CCCc1cc(C(=O)NCCN2CCOCC2)n[nH]1. The van der Waals surface area contributed by atoms with Crippen LogP contribution in [0.4, 0.5) is 0 Å². The molecule has 1 amide bonds. The Hall–Kier alpha value is -1.40. The number of H-pyrrole nitrogens is 1. The second kappa shape index (κ2) is 7.25. The fourth-order valence-electron chi connectivity index (χ4n) is 2.12. The van der Waals surface area contributed by atoms with E-state index in [1.807, 2.05) is 6.07 Å². The molecule has 2 rings (SSSR count). The van der Waals surface area contributed by atoms with E-state index in [-0.39, 0.29) is 5.91 Å². The van der Waals surface area contributed by atoms with E-state index in [1.165, 1.54) is 0 Å². The number of morpholine rings is 1. The summed E-state index contributed by atoms with van der Waals surface area (Å²) in [4.78, 5) is 14.2. The van der Waals surface area contributed by atoms with Gasteiger partial charge in [-0.2, -0.15) is 5.10 Å². The predicted octanol–water partition coefficient (Wildman–Crippen LogP) is 0.424. The van der Waals surface area contributed by atoms with Gasteiger partial charge in [-0.25, -0.2) is 0 Å². The van der Waals surface area contributed by atoms with Crippen LogP contribution < -0.4 is 5.32 Å². The van der Waals surface area contributed by atoms with Crippen molar-refractivity contribution in [2.24, 2.45) is 0 Å². The molecule has 1 aliphatic heterocycles. The number of rotatable bonds is 6. The fourth-order valence-corrected chi connectivity index (χ4v) is 2.12. The number of carbonyl (C=O) groups is 1. The molecule has 1 fully saturated rings. The first-order valence-electron chi connectivity index (χ1n) is 6.92. The lowest BCUT2D eigenvalue weighted by Crippen LogP contribution is -2.41. The number of ether oxygens (including phenoxy) is 1. The van der Waals surface area contributed by atoms with Crippen LogP contribution in [-0.2, 0) is 11.2 Å². The van der Waals surface area contributed by atoms with Crippen molar-refractivity contribution in [1.82, 2.24) is 20.4 Å². The van der Waals surface area contributed by atoms with Crippen molar-refractivity contribution < 1.29 is 9.53 Å². The second-order valence-corrected chi connectivity index (χ2v) is 4.74. The Balaban J connectivity index is 1.70. The largest absolute Gasteiger partial charge is 0.379 e. The number of hydrogen-bond donors (Lipinski definition) is 2. The number of aromatic amines is 1. The number of hydrogen-bond acceptors (Lipinski definition) is 4. The molecule has 1 saturated heterocycles. The van der Waals surface area contributed by atoms with Gasteiger partial charge in [-0.1, -0.05) is 13.3 Å². The van der Waals surface area contributed by atoms with E-state index < -0.39 is 0 Å². The van der Waals surface area contributed by atoms with Crippen LogP contribution in [-0.4, -0.2) is 60.4 Å². The Morgan fingerprint density at radius 1 is 1.53 bits per heavy atom. The first kappa shape index (κ1) is 14.0. The summed E-state index contributed by atoms with van der Waals surface area (Å²) < 4.78 is 5.28. The zero-order chi connectivity index (χ0) is 13.5. The molecule has 0 radical (unpaired) electrons. The average Bonchev–Trinajstić information content (AvgIpc) is 2.89. The lowest BCUT2D eigenvalue weighted by atomic mass is 10.2. The van der Waals surface area contributed by atoms with Gasteiger partial charge in [0.05, 0.1) is 13.2 Å². The zero-order valence-corrected chi connectivity index (χ0v) is 11.4. The number of aryl methyl sites for hydroxylation is 1. The van der Waals surface area contributed by atoms with Gasteiger partial charge in [0, 0.05) is 31.9 Å². The molecule has 0 atom stereocenters. The lowest BCUT2D eigenvalue weighted by molar-refractivity contribution is 0.0383. The Morgan fingerprint density at radius 2 is 2.32 bits per heavy atom. The molecular weight excluding hydrogens is 244 g/mol. The van der Waals surface area contributed by atoms with Crippen LogP contribution in [0.3, 0.4) is 0 Å². The third-order valence-corrected chi connectivity index (χ3v) is 3.20. The maximum Gasteiger partial charge on any atom is 0.271 e. The number of amides is 1. The Bertz CT molecular complexity index is 399. The molecule has 106 valence electrons. The first-order chi connectivity index (χ1) is 9.29. The predicted molar refractivity (Wildman–Crippen MR) is 72.2 cm³/mol. The molecule has 0 saturated carbocycles. The number of carbonyl (C=O) groups excluding carboxylic acids is 1. The normalized spacial score (nSPS) is 16.5. The third-order valence-electron chi connectivity index (χ3n) is 3.20. The Morgan fingerprint density at radius 3 is 3.05 bits per heavy atom. The van der Waals surface area contributed by atoms with E-state index in [0.717, 1.165) is 51.4 Å². The second-order valence-electron chi connectivity index (χ2n) is 4.74. The third kappa shape index (κ3) is 4.33. The lowest BCUT2D eigenvalue weighted by Gasteiger charge is -2.26. The highest BCUT2D eigenvalue weighted by Crippen LogP contribution is 2.02. The van der Waals surface area contributed by atoms with Gasteiger partial charge in [0.1, 0.15) is 5.69 Å². The van der Waals surface area contributed by atoms with Crippen LogP contribution in [0.5, 0.6) is 0 Å². The smallest absolute Gasteiger partial charge is 0.271 e. The Labute approximate surface area is 113 Å². The van der Waals surface area contributed by atoms with E-state index >= 15 is 0 Å². The number of nitrogens with zero attached hydrogens (tertiary/aromatic N) is 2. The Kier molecular flexibility index (Phi) is 5.35. The summed E-state index contributed by atoms with van der Waals surface area (Å²) >= 11 is 0. The summed E-state index contributed by atoms with van der Waals surface area (Å²) in [5, 5.41) is 9.82. The van der Waals surface area contributed by atoms with Gasteiger partial charge in [0.15, 0.2) is 0 Å². The topological polar surface area (TPSA) is 70.2 Å². The highest BCUT2D eigenvalue weighted by Gasteiger charge is 2.12. The molecule has 6 heteroatoms. The highest BCUT2D eigenvalue weighted by atomic mass is 16.5. The maximum absolute atomic E-state index is 11.9. The fraction of sp³-hybridized carbons (Fsp3) is 0.692. The van der Waals surface area contributed by atoms with Crippen LogP contribution in [0, 0.1) is 0 Å².